The minimum absolute atomic E-state index is 0.0595. The zero-order valence-corrected chi connectivity index (χ0v) is 10.4. The highest BCUT2D eigenvalue weighted by molar-refractivity contribution is 6.60. The van der Waals surface area contributed by atoms with Gasteiger partial charge >= 0.3 is 17.7 Å². The van der Waals surface area contributed by atoms with Crippen molar-refractivity contribution in [3.8, 4) is 0 Å². The first-order valence-electron chi connectivity index (χ1n) is 5.06. The van der Waals surface area contributed by atoms with Crippen LogP contribution in [-0.2, 0) is 23.9 Å². The van der Waals surface area contributed by atoms with Gasteiger partial charge in [-0.05, 0) is 20.8 Å². The smallest absolute Gasteiger partial charge is 0.386 e. The van der Waals surface area contributed by atoms with Gasteiger partial charge in [-0.3, -0.25) is 4.79 Å². The van der Waals surface area contributed by atoms with Gasteiger partial charge in [-0.2, -0.15) is 0 Å². The molecule has 0 N–H and O–H groups in total. The summed E-state index contributed by atoms with van der Waals surface area (Å²) in [5.41, 5.74) is 1.02. The monoisotopic (exact) mass is 242 g/mol. The zero-order chi connectivity index (χ0) is 13.8. The van der Waals surface area contributed by atoms with Crippen LogP contribution >= 0.6 is 0 Å². The second kappa shape index (κ2) is 10.6. The molecule has 0 heterocycles. The van der Waals surface area contributed by atoms with E-state index in [0.717, 1.165) is 5.57 Å². The lowest BCUT2D eigenvalue weighted by Crippen LogP contribution is -2.27. The fourth-order valence-electron chi connectivity index (χ4n) is 0.477. The minimum Gasteiger partial charge on any atom is -0.460 e. The molecule has 0 spiro atoms. The van der Waals surface area contributed by atoms with Gasteiger partial charge in [0.1, 0.15) is 0 Å². The highest BCUT2D eigenvalue weighted by atomic mass is 16.6. The van der Waals surface area contributed by atoms with E-state index < -0.39 is 17.7 Å². The first-order chi connectivity index (χ1) is 7.90. The molecule has 96 valence electrons. The van der Waals surface area contributed by atoms with Crippen molar-refractivity contribution >= 4 is 17.7 Å². The molecule has 0 amide bonds. The lowest BCUT2D eigenvalue weighted by Gasteiger charge is -1.99. The van der Waals surface area contributed by atoms with E-state index in [2.05, 4.69) is 22.6 Å². The van der Waals surface area contributed by atoms with E-state index in [1.165, 1.54) is 13.8 Å². The van der Waals surface area contributed by atoms with Gasteiger partial charge in [-0.1, -0.05) is 24.8 Å². The lowest BCUT2D eigenvalue weighted by molar-refractivity contribution is -0.164. The molecule has 5 heteroatoms. The van der Waals surface area contributed by atoms with Crippen molar-refractivity contribution in [3.63, 3.8) is 0 Å². The highest BCUT2D eigenvalue weighted by Crippen LogP contribution is 1.86. The molecule has 0 aromatic carbocycles. The van der Waals surface area contributed by atoms with Gasteiger partial charge in [0, 0.05) is 0 Å². The Hall–Kier alpha value is -1.91. The average molecular weight is 242 g/mol. The van der Waals surface area contributed by atoms with E-state index in [1.54, 1.807) is 6.08 Å². The number of esters is 2. The van der Waals surface area contributed by atoms with Crippen molar-refractivity contribution in [2.75, 3.05) is 13.2 Å². The van der Waals surface area contributed by atoms with Crippen molar-refractivity contribution in [3.05, 3.63) is 24.8 Å². The van der Waals surface area contributed by atoms with E-state index in [1.807, 2.05) is 6.92 Å². The summed E-state index contributed by atoms with van der Waals surface area (Å²) < 4.78 is 8.56. The first-order valence-corrected chi connectivity index (χ1v) is 5.06. The van der Waals surface area contributed by atoms with Crippen molar-refractivity contribution in [2.45, 2.75) is 20.8 Å². The molecule has 0 saturated heterocycles. The number of rotatable bonds is 5. The molecule has 17 heavy (non-hydrogen) atoms. The van der Waals surface area contributed by atoms with Gasteiger partial charge in [0.05, 0.1) is 13.2 Å². The summed E-state index contributed by atoms with van der Waals surface area (Å²) in [7, 11) is 0. The number of carbonyl (C=O) groups excluding carboxylic acids is 3. The normalized spacial score (nSPS) is 8.18. The van der Waals surface area contributed by atoms with Gasteiger partial charge in [0.2, 0.25) is 0 Å². The summed E-state index contributed by atoms with van der Waals surface area (Å²) >= 11 is 0. The molecule has 0 aromatic rings. The maximum Gasteiger partial charge on any atom is 0.386 e. The van der Waals surface area contributed by atoms with Crippen LogP contribution in [0.25, 0.3) is 0 Å². The molecular weight excluding hydrogens is 224 g/mol. The Labute approximate surface area is 101 Å². The number of Topliss-reactive ketones (excluding diaryl/α,β-unsaturated/α-hetero) is 1. The molecular formula is C12H18O5. The number of hydrogen-bond donors (Lipinski definition) is 0. The third-order valence-electron chi connectivity index (χ3n) is 1.27. The summed E-state index contributed by atoms with van der Waals surface area (Å²) in [5.74, 6) is -3.61. The van der Waals surface area contributed by atoms with E-state index in [-0.39, 0.29) is 13.2 Å². The summed E-state index contributed by atoms with van der Waals surface area (Å²) in [6.07, 6.45) is 1.72. The predicted molar refractivity (Wildman–Crippen MR) is 63.3 cm³/mol. The predicted octanol–water partition coefficient (Wildman–Crippen LogP) is 1.43. The van der Waals surface area contributed by atoms with Gasteiger partial charge < -0.3 is 9.47 Å². The summed E-state index contributed by atoms with van der Waals surface area (Å²) in [6.45, 7) is 12.1. The average Bonchev–Trinajstić information content (AvgIpc) is 2.29. The first kappa shape index (κ1) is 17.5. The second-order valence-electron chi connectivity index (χ2n) is 2.82. The Morgan fingerprint density at radius 2 is 1.35 bits per heavy atom. The van der Waals surface area contributed by atoms with Gasteiger partial charge in [-0.15, -0.1) is 0 Å². The van der Waals surface area contributed by atoms with Crippen LogP contribution < -0.4 is 0 Å². The summed E-state index contributed by atoms with van der Waals surface area (Å²) in [6, 6.07) is 0. The van der Waals surface area contributed by atoms with Crippen LogP contribution in [0.1, 0.15) is 20.8 Å². The van der Waals surface area contributed by atoms with Crippen molar-refractivity contribution in [1.29, 1.82) is 0 Å². The van der Waals surface area contributed by atoms with Crippen LogP contribution in [0.15, 0.2) is 24.8 Å². The molecule has 0 saturated carbocycles. The van der Waals surface area contributed by atoms with E-state index in [4.69, 9.17) is 0 Å². The van der Waals surface area contributed by atoms with Crippen LogP contribution in [0.4, 0.5) is 0 Å². The number of allylic oxidation sites excluding steroid dienone is 2. The molecule has 5 nitrogen and oxygen atoms in total. The van der Waals surface area contributed by atoms with Gasteiger partial charge in [0.25, 0.3) is 0 Å². The van der Waals surface area contributed by atoms with Crippen molar-refractivity contribution in [2.24, 2.45) is 0 Å². The van der Waals surface area contributed by atoms with Crippen LogP contribution in [0.5, 0.6) is 0 Å². The largest absolute Gasteiger partial charge is 0.460 e. The maximum atomic E-state index is 10.7. The Balaban J connectivity index is 0. The fourth-order valence-corrected chi connectivity index (χ4v) is 0.477. The quantitative estimate of drug-likeness (QED) is 0.316. The minimum atomic E-state index is -1.27. The molecule has 0 aliphatic heterocycles. The Kier molecular flexibility index (Phi) is 10.9. The van der Waals surface area contributed by atoms with E-state index in [0.29, 0.717) is 0 Å². The number of ketones is 1. The molecule has 0 atom stereocenters. The van der Waals surface area contributed by atoms with Gasteiger partial charge in [-0.25, -0.2) is 9.59 Å². The third-order valence-corrected chi connectivity index (χ3v) is 1.27. The summed E-state index contributed by atoms with van der Waals surface area (Å²) in [4.78, 5) is 31.8. The Morgan fingerprint density at radius 1 is 1.06 bits per heavy atom. The van der Waals surface area contributed by atoms with Crippen molar-refractivity contribution in [1.82, 2.24) is 0 Å². The van der Waals surface area contributed by atoms with Crippen molar-refractivity contribution < 1.29 is 23.9 Å². The molecule has 0 bridgehead atoms. The lowest BCUT2D eigenvalue weighted by atomic mass is 10.4. The molecule has 0 aliphatic rings. The van der Waals surface area contributed by atoms with E-state index >= 15 is 0 Å². The SMILES string of the molecule is C=CC(=C)C.CCOC(=O)C(=O)C(=O)OCC. The van der Waals surface area contributed by atoms with E-state index in [9.17, 15) is 14.4 Å². The number of ether oxygens (including phenoxy) is 2. The van der Waals surface area contributed by atoms with Gasteiger partial charge in [0.15, 0.2) is 0 Å². The highest BCUT2D eigenvalue weighted by Gasteiger charge is 2.25. The fraction of sp³-hybridized carbons (Fsp3) is 0.417. The topological polar surface area (TPSA) is 69.7 Å². The zero-order valence-electron chi connectivity index (χ0n) is 10.4. The third kappa shape index (κ3) is 10.4. The van der Waals surface area contributed by atoms with Crippen LogP contribution in [0.3, 0.4) is 0 Å². The number of carbonyl (C=O) groups is 3. The maximum absolute atomic E-state index is 10.7. The molecule has 0 aliphatic carbocycles. The Morgan fingerprint density at radius 3 is 1.53 bits per heavy atom. The Bertz CT molecular complexity index is 284. The van der Waals surface area contributed by atoms with Crippen LogP contribution in [0.2, 0.25) is 0 Å². The second-order valence-corrected chi connectivity index (χ2v) is 2.82. The number of hydrogen-bond acceptors (Lipinski definition) is 5. The molecule has 0 radical (unpaired) electrons. The molecule has 0 aromatic heterocycles. The summed E-state index contributed by atoms with van der Waals surface area (Å²) in [5, 5.41) is 0. The molecule has 0 unspecified atom stereocenters. The van der Waals surface area contributed by atoms with Crippen LogP contribution in [0, 0.1) is 0 Å². The van der Waals surface area contributed by atoms with Crippen LogP contribution in [-0.4, -0.2) is 30.9 Å². The molecule has 0 rings (SSSR count). The molecule has 0 fully saturated rings. The standard InChI is InChI=1S/C7H10O5.C5H8/c1-3-11-6(9)5(8)7(10)12-4-2;1-4-5(2)3/h3-4H2,1-2H3;4H,1-2H2,3H3.